The van der Waals surface area contributed by atoms with Gasteiger partial charge in [-0.05, 0) is 38.0 Å². The lowest BCUT2D eigenvalue weighted by Crippen LogP contribution is -2.09. The molecule has 0 aliphatic heterocycles. The van der Waals surface area contributed by atoms with Crippen LogP contribution in [-0.2, 0) is 11.2 Å². The molecular weight excluding hydrogens is 460 g/mol. The summed E-state index contributed by atoms with van der Waals surface area (Å²) in [6.07, 6.45) is 2.30. The van der Waals surface area contributed by atoms with Crippen LogP contribution in [0.5, 0.6) is 23.0 Å². The Bertz CT molecular complexity index is 1290. The van der Waals surface area contributed by atoms with Crippen molar-refractivity contribution in [2.24, 2.45) is 0 Å². The maximum absolute atomic E-state index is 13.1. The number of benzene rings is 3. The van der Waals surface area contributed by atoms with E-state index in [1.807, 2.05) is 44.2 Å². The van der Waals surface area contributed by atoms with E-state index in [1.54, 1.807) is 12.1 Å². The Kier molecular flexibility index (Phi) is 8.38. The number of carbonyl (C=O) groups excluding carboxylic acids is 2. The molecule has 0 unspecified atom stereocenters. The summed E-state index contributed by atoms with van der Waals surface area (Å²) in [7, 11) is 2.63. The number of ether oxygens (including phenoxy) is 2. The van der Waals surface area contributed by atoms with Crippen LogP contribution in [0.1, 0.15) is 63.6 Å². The van der Waals surface area contributed by atoms with E-state index in [4.69, 9.17) is 9.47 Å². The van der Waals surface area contributed by atoms with Gasteiger partial charge in [-0.3, -0.25) is 4.79 Å². The minimum absolute atomic E-state index is 0.0727. The third-order valence-electron chi connectivity index (χ3n) is 5.86. The van der Waals surface area contributed by atoms with Crippen LogP contribution in [0.15, 0.2) is 66.2 Å². The summed E-state index contributed by atoms with van der Waals surface area (Å²) >= 11 is 0. The van der Waals surface area contributed by atoms with E-state index in [-0.39, 0.29) is 34.6 Å². The largest absolute Gasteiger partial charge is 0.508 e. The van der Waals surface area contributed by atoms with Gasteiger partial charge in [-0.25, -0.2) is 4.79 Å². The van der Waals surface area contributed by atoms with Gasteiger partial charge in [0, 0.05) is 29.5 Å². The summed E-state index contributed by atoms with van der Waals surface area (Å²) in [5.74, 6) is -2.67. The first-order valence-electron chi connectivity index (χ1n) is 11.4. The van der Waals surface area contributed by atoms with Crippen LogP contribution in [0, 0.1) is 0 Å². The monoisotopic (exact) mass is 490 g/mol. The second-order valence-electron chi connectivity index (χ2n) is 8.63. The number of esters is 1. The smallest absolute Gasteiger partial charge is 0.337 e. The highest BCUT2D eigenvalue weighted by Crippen LogP contribution is 2.47. The fraction of sp³-hybridized carbons (Fsp3) is 0.241. The molecule has 0 fully saturated rings. The number of phenolic OH excluding ortho intramolecular Hbond substituents is 3. The Morgan fingerprint density at radius 2 is 1.64 bits per heavy atom. The van der Waals surface area contributed by atoms with E-state index in [9.17, 15) is 24.9 Å². The molecule has 0 radical (unpaired) electrons. The summed E-state index contributed by atoms with van der Waals surface area (Å²) in [5, 5.41) is 32.8. The fourth-order valence-corrected chi connectivity index (χ4v) is 4.13. The van der Waals surface area contributed by atoms with Crippen molar-refractivity contribution < 1.29 is 34.4 Å². The molecule has 3 N–H and O–H groups in total. The number of phenols is 3. The molecule has 188 valence electrons. The predicted octanol–water partition coefficient (Wildman–Crippen LogP) is 5.51. The highest BCUT2D eigenvalue weighted by atomic mass is 16.5. The SMILES string of the molecule is COC(=O)c1ccc([C@@H](C=C(C)C)c2c(OC)cc(O)c(C(=O)CCc3ccccc3)c2O)c(O)c1. The van der Waals surface area contributed by atoms with Crippen LogP contribution in [0.3, 0.4) is 0 Å². The molecule has 36 heavy (non-hydrogen) atoms. The third-order valence-corrected chi connectivity index (χ3v) is 5.86. The van der Waals surface area contributed by atoms with Crippen molar-refractivity contribution in [2.75, 3.05) is 14.2 Å². The van der Waals surface area contributed by atoms with Crippen molar-refractivity contribution in [3.63, 3.8) is 0 Å². The Morgan fingerprint density at radius 1 is 0.944 bits per heavy atom. The molecule has 1 atom stereocenters. The van der Waals surface area contributed by atoms with Gasteiger partial charge >= 0.3 is 5.97 Å². The summed E-state index contributed by atoms with van der Waals surface area (Å²) < 4.78 is 10.2. The first-order chi connectivity index (χ1) is 17.2. The second kappa shape index (κ2) is 11.4. The maximum atomic E-state index is 13.1. The van der Waals surface area contributed by atoms with Gasteiger partial charge in [0.05, 0.1) is 19.8 Å². The van der Waals surface area contributed by atoms with Gasteiger partial charge in [0.2, 0.25) is 0 Å². The number of hydrogen-bond donors (Lipinski definition) is 3. The van der Waals surface area contributed by atoms with E-state index < -0.39 is 29.2 Å². The van der Waals surface area contributed by atoms with Crippen LogP contribution in [0.2, 0.25) is 0 Å². The number of aryl methyl sites for hydroxylation is 1. The zero-order valence-electron chi connectivity index (χ0n) is 20.7. The third kappa shape index (κ3) is 5.68. The molecule has 0 aliphatic carbocycles. The number of rotatable bonds is 9. The van der Waals surface area contributed by atoms with Crippen LogP contribution in [-0.4, -0.2) is 41.3 Å². The van der Waals surface area contributed by atoms with E-state index >= 15 is 0 Å². The van der Waals surface area contributed by atoms with Gasteiger partial charge in [0.25, 0.3) is 0 Å². The van der Waals surface area contributed by atoms with Gasteiger partial charge in [-0.15, -0.1) is 0 Å². The molecule has 0 saturated carbocycles. The number of carbonyl (C=O) groups is 2. The van der Waals surface area contributed by atoms with Gasteiger partial charge in [-0.2, -0.15) is 0 Å². The highest BCUT2D eigenvalue weighted by molar-refractivity contribution is 6.02. The number of ketones is 1. The molecular formula is C29H30O7. The molecule has 3 aromatic carbocycles. The topological polar surface area (TPSA) is 113 Å². The van der Waals surface area contributed by atoms with Crippen molar-refractivity contribution in [1.29, 1.82) is 0 Å². The van der Waals surface area contributed by atoms with Crippen molar-refractivity contribution in [3.05, 3.63) is 94.1 Å². The molecule has 0 aliphatic rings. The average Bonchev–Trinajstić information content (AvgIpc) is 2.86. The molecule has 3 aromatic rings. The number of methoxy groups -OCH3 is 2. The zero-order valence-corrected chi connectivity index (χ0v) is 20.7. The highest BCUT2D eigenvalue weighted by Gasteiger charge is 2.29. The summed E-state index contributed by atoms with van der Waals surface area (Å²) in [6.45, 7) is 3.70. The molecule has 7 heteroatoms. The number of allylic oxidation sites excluding steroid dienone is 2. The maximum Gasteiger partial charge on any atom is 0.337 e. The lowest BCUT2D eigenvalue weighted by atomic mass is 9.85. The van der Waals surface area contributed by atoms with Crippen LogP contribution in [0.4, 0.5) is 0 Å². The molecule has 0 amide bonds. The molecule has 0 heterocycles. The van der Waals surface area contributed by atoms with Crippen molar-refractivity contribution in [1.82, 2.24) is 0 Å². The Labute approximate surface area is 210 Å². The van der Waals surface area contributed by atoms with E-state index in [2.05, 4.69) is 0 Å². The summed E-state index contributed by atoms with van der Waals surface area (Å²) in [4.78, 5) is 25.0. The fourth-order valence-electron chi connectivity index (χ4n) is 4.13. The predicted molar refractivity (Wildman–Crippen MR) is 136 cm³/mol. The van der Waals surface area contributed by atoms with E-state index in [1.165, 1.54) is 32.4 Å². The van der Waals surface area contributed by atoms with Gasteiger partial charge in [0.15, 0.2) is 5.78 Å². The normalized spacial score (nSPS) is 11.4. The van der Waals surface area contributed by atoms with Crippen molar-refractivity contribution >= 4 is 11.8 Å². The van der Waals surface area contributed by atoms with Crippen molar-refractivity contribution in [3.8, 4) is 23.0 Å². The zero-order chi connectivity index (χ0) is 26.4. The Balaban J connectivity index is 2.13. The van der Waals surface area contributed by atoms with E-state index in [0.717, 1.165) is 11.1 Å². The summed E-state index contributed by atoms with van der Waals surface area (Å²) in [5.41, 5.74) is 2.35. The van der Waals surface area contributed by atoms with Gasteiger partial charge in [-0.1, -0.05) is 48.0 Å². The molecule has 0 bridgehead atoms. The quantitative estimate of drug-likeness (QED) is 0.206. The molecule has 0 aromatic heterocycles. The Hall–Kier alpha value is -4.26. The molecule has 0 spiro atoms. The molecule has 7 nitrogen and oxygen atoms in total. The lowest BCUT2D eigenvalue weighted by Gasteiger charge is -2.22. The second-order valence-corrected chi connectivity index (χ2v) is 8.63. The minimum atomic E-state index is -0.752. The van der Waals surface area contributed by atoms with E-state index in [0.29, 0.717) is 12.0 Å². The number of aromatic hydroxyl groups is 3. The summed E-state index contributed by atoms with van der Waals surface area (Å²) in [6, 6.07) is 15.1. The number of Topliss-reactive ketones (excluding diaryl/α,β-unsaturated/α-hetero) is 1. The first-order valence-corrected chi connectivity index (χ1v) is 11.4. The van der Waals surface area contributed by atoms with Crippen LogP contribution in [0.25, 0.3) is 0 Å². The number of hydrogen-bond acceptors (Lipinski definition) is 7. The van der Waals surface area contributed by atoms with Gasteiger partial charge < -0.3 is 24.8 Å². The van der Waals surface area contributed by atoms with Crippen LogP contribution < -0.4 is 4.74 Å². The van der Waals surface area contributed by atoms with Gasteiger partial charge in [0.1, 0.15) is 28.6 Å². The van der Waals surface area contributed by atoms with Crippen LogP contribution >= 0.6 is 0 Å². The minimum Gasteiger partial charge on any atom is -0.508 e. The lowest BCUT2D eigenvalue weighted by molar-refractivity contribution is 0.0600. The Morgan fingerprint density at radius 3 is 2.22 bits per heavy atom. The first kappa shape index (κ1) is 26.3. The molecule has 3 rings (SSSR count). The molecule has 0 saturated heterocycles. The standard InChI is InChI=1S/C29H30O7/c1-17(2)14-21(20-12-11-19(15-23(20)31)29(34)36-4)26-25(35-3)16-24(32)27(28(26)33)22(30)13-10-18-8-6-5-7-9-18/h5-9,11-12,14-16,21,31-33H,10,13H2,1-4H3/t21-/m1/s1. The average molecular weight is 491 g/mol. The van der Waals surface area contributed by atoms with Crippen molar-refractivity contribution in [2.45, 2.75) is 32.6 Å².